The van der Waals surface area contributed by atoms with Crippen molar-refractivity contribution >= 4 is 34.7 Å². The van der Waals surface area contributed by atoms with Crippen LogP contribution in [0.2, 0.25) is 0 Å². The van der Waals surface area contributed by atoms with Crippen LogP contribution >= 0.6 is 0 Å². The molecule has 4 rings (SSSR count). The first-order chi connectivity index (χ1) is 17.3. The average Bonchev–Trinajstić information content (AvgIpc) is 2.86. The number of halogens is 1. The third-order valence-electron chi connectivity index (χ3n) is 5.57. The van der Waals surface area contributed by atoms with Crippen molar-refractivity contribution in [2.45, 2.75) is 26.8 Å². The zero-order chi connectivity index (χ0) is 25.7. The summed E-state index contributed by atoms with van der Waals surface area (Å²) >= 11 is 0. The van der Waals surface area contributed by atoms with Crippen molar-refractivity contribution in [1.29, 1.82) is 0 Å². The first-order valence-electron chi connectivity index (χ1n) is 11.7. The molecule has 2 amide bonds. The molecule has 0 unspecified atom stereocenters. The van der Waals surface area contributed by atoms with Crippen LogP contribution in [0.5, 0.6) is 0 Å². The van der Waals surface area contributed by atoms with Gasteiger partial charge in [0.05, 0.1) is 48.2 Å². The summed E-state index contributed by atoms with van der Waals surface area (Å²) in [5.74, 6) is -0.685. The minimum Gasteiger partial charge on any atom is -0.378 e. The summed E-state index contributed by atoms with van der Waals surface area (Å²) in [5, 5.41) is 8.70. The van der Waals surface area contributed by atoms with Gasteiger partial charge in [0.1, 0.15) is 11.6 Å². The van der Waals surface area contributed by atoms with E-state index in [1.807, 2.05) is 18.7 Å². The molecular weight excluding hydrogens is 463 g/mol. The number of hydrogen-bond acceptors (Lipinski definition) is 7. The average molecular weight is 493 g/mol. The highest BCUT2D eigenvalue weighted by molar-refractivity contribution is 6.08. The molecule has 0 bridgehead atoms. The Morgan fingerprint density at radius 2 is 1.69 bits per heavy atom. The zero-order valence-corrected chi connectivity index (χ0v) is 20.5. The van der Waals surface area contributed by atoms with E-state index in [2.05, 4.69) is 25.9 Å². The van der Waals surface area contributed by atoms with Gasteiger partial charge in [0, 0.05) is 30.4 Å². The Morgan fingerprint density at radius 3 is 2.39 bits per heavy atom. The van der Waals surface area contributed by atoms with Crippen LogP contribution in [0.4, 0.5) is 27.3 Å². The van der Waals surface area contributed by atoms with Crippen LogP contribution in [-0.4, -0.2) is 54.1 Å². The van der Waals surface area contributed by atoms with Gasteiger partial charge in [-0.15, -0.1) is 0 Å². The zero-order valence-electron chi connectivity index (χ0n) is 20.5. The van der Waals surface area contributed by atoms with E-state index in [1.54, 1.807) is 37.4 Å². The molecule has 1 saturated heterocycles. The van der Waals surface area contributed by atoms with Crippen molar-refractivity contribution in [3.05, 3.63) is 71.4 Å². The fourth-order valence-corrected chi connectivity index (χ4v) is 3.79. The Morgan fingerprint density at radius 1 is 0.972 bits per heavy atom. The molecule has 1 aromatic carbocycles. The lowest BCUT2D eigenvalue weighted by atomic mass is 10.1. The first-order valence-corrected chi connectivity index (χ1v) is 11.7. The molecule has 0 saturated carbocycles. The smallest absolute Gasteiger partial charge is 0.257 e. The van der Waals surface area contributed by atoms with Crippen molar-refractivity contribution in [2.24, 2.45) is 0 Å². The molecule has 1 aliphatic rings. The molecule has 0 atom stereocenters. The number of hydrogen-bond donors (Lipinski definition) is 3. The van der Waals surface area contributed by atoms with E-state index in [-0.39, 0.29) is 17.5 Å². The van der Waals surface area contributed by atoms with Gasteiger partial charge in [-0.1, -0.05) is 0 Å². The number of carbonyl (C=O) groups excluding carboxylic acids is 2. The van der Waals surface area contributed by atoms with Crippen LogP contribution in [0.1, 0.15) is 40.3 Å². The third kappa shape index (κ3) is 6.33. The second kappa shape index (κ2) is 11.1. The number of amides is 2. The van der Waals surface area contributed by atoms with Crippen LogP contribution in [0.15, 0.2) is 48.8 Å². The van der Waals surface area contributed by atoms with Crippen LogP contribution < -0.4 is 20.9 Å². The van der Waals surface area contributed by atoms with Gasteiger partial charge < -0.3 is 25.6 Å². The van der Waals surface area contributed by atoms with Crippen molar-refractivity contribution in [2.75, 3.05) is 47.2 Å². The molecule has 10 heteroatoms. The number of rotatable bonds is 7. The molecule has 1 fully saturated rings. The third-order valence-corrected chi connectivity index (χ3v) is 5.57. The van der Waals surface area contributed by atoms with Gasteiger partial charge in [-0.3, -0.25) is 14.6 Å². The highest BCUT2D eigenvalue weighted by Crippen LogP contribution is 2.22. The lowest BCUT2D eigenvalue weighted by molar-refractivity contribution is 0.101. The molecule has 0 radical (unpaired) electrons. The molecular formula is C26H29FN6O3. The summed E-state index contributed by atoms with van der Waals surface area (Å²) in [5.41, 5.74) is 2.43. The van der Waals surface area contributed by atoms with Crippen LogP contribution in [-0.2, 0) is 4.74 Å². The normalized spacial score (nSPS) is 13.4. The van der Waals surface area contributed by atoms with E-state index in [9.17, 15) is 14.0 Å². The Labute approximate surface area is 209 Å². The summed E-state index contributed by atoms with van der Waals surface area (Å²) in [7, 11) is 0. The largest absolute Gasteiger partial charge is 0.378 e. The first kappa shape index (κ1) is 25.1. The molecule has 3 N–H and O–H groups in total. The Balaban J connectivity index is 1.47. The Hall–Kier alpha value is -4.05. The van der Waals surface area contributed by atoms with E-state index >= 15 is 0 Å². The number of ether oxygens (including phenoxy) is 1. The molecule has 0 spiro atoms. The van der Waals surface area contributed by atoms with Crippen molar-refractivity contribution < 1.29 is 18.7 Å². The number of anilines is 4. The van der Waals surface area contributed by atoms with Gasteiger partial charge in [0.15, 0.2) is 0 Å². The maximum absolute atomic E-state index is 14.3. The lowest BCUT2D eigenvalue weighted by Gasteiger charge is -2.29. The SMILES string of the molecule is Cc1ncc(NC(=O)c2cc(F)cc(N3CCOCC3)c2)cc1C(=O)Nc1ccc(NC(C)C)nc1. The van der Waals surface area contributed by atoms with Gasteiger partial charge in [-0.05, 0) is 57.2 Å². The molecule has 2 aromatic heterocycles. The number of carbonyl (C=O) groups is 2. The van der Waals surface area contributed by atoms with Crippen molar-refractivity contribution in [1.82, 2.24) is 9.97 Å². The maximum atomic E-state index is 14.3. The minimum atomic E-state index is -0.505. The van der Waals surface area contributed by atoms with Crippen LogP contribution in [0.25, 0.3) is 0 Å². The van der Waals surface area contributed by atoms with Gasteiger partial charge in [-0.2, -0.15) is 0 Å². The summed E-state index contributed by atoms with van der Waals surface area (Å²) in [6, 6.07) is 9.53. The molecule has 3 heterocycles. The maximum Gasteiger partial charge on any atom is 0.257 e. The molecule has 36 heavy (non-hydrogen) atoms. The van der Waals surface area contributed by atoms with E-state index in [0.29, 0.717) is 60.4 Å². The van der Waals surface area contributed by atoms with E-state index in [0.717, 1.165) is 0 Å². The molecule has 188 valence electrons. The van der Waals surface area contributed by atoms with Gasteiger partial charge in [0.25, 0.3) is 11.8 Å². The van der Waals surface area contributed by atoms with Gasteiger partial charge >= 0.3 is 0 Å². The second-order valence-electron chi connectivity index (χ2n) is 8.79. The minimum absolute atomic E-state index is 0.171. The fraction of sp³-hybridized carbons (Fsp3) is 0.308. The highest BCUT2D eigenvalue weighted by atomic mass is 19.1. The number of aryl methyl sites for hydroxylation is 1. The quantitative estimate of drug-likeness (QED) is 0.456. The summed E-state index contributed by atoms with van der Waals surface area (Å²) in [4.78, 5) is 36.3. The van der Waals surface area contributed by atoms with Gasteiger partial charge in [-0.25, -0.2) is 9.37 Å². The molecule has 3 aromatic rings. The number of nitrogens with zero attached hydrogens (tertiary/aromatic N) is 3. The monoisotopic (exact) mass is 492 g/mol. The Bertz CT molecular complexity index is 1240. The molecule has 1 aliphatic heterocycles. The second-order valence-corrected chi connectivity index (χ2v) is 8.79. The van der Waals surface area contributed by atoms with E-state index < -0.39 is 11.7 Å². The number of pyridine rings is 2. The molecule has 9 nitrogen and oxygen atoms in total. The highest BCUT2D eigenvalue weighted by Gasteiger charge is 2.17. The number of aromatic nitrogens is 2. The van der Waals surface area contributed by atoms with Crippen molar-refractivity contribution in [3.63, 3.8) is 0 Å². The standard InChI is InChI=1S/C26H29FN6O3/c1-16(2)30-24-5-4-20(14-29-24)31-26(35)23-13-21(15-28-17(23)3)32-25(34)18-10-19(27)12-22(11-18)33-6-8-36-9-7-33/h4-5,10-16H,6-9H2,1-3H3,(H,29,30)(H,31,35)(H,32,34). The van der Waals surface area contributed by atoms with E-state index in [1.165, 1.54) is 18.3 Å². The fourth-order valence-electron chi connectivity index (χ4n) is 3.79. The number of nitrogens with one attached hydrogen (secondary N) is 3. The number of benzene rings is 1. The molecule has 0 aliphatic carbocycles. The predicted molar refractivity (Wildman–Crippen MR) is 137 cm³/mol. The Kier molecular flexibility index (Phi) is 7.74. The topological polar surface area (TPSA) is 108 Å². The lowest BCUT2D eigenvalue weighted by Crippen LogP contribution is -2.36. The summed E-state index contributed by atoms with van der Waals surface area (Å²) in [6.07, 6.45) is 3.02. The summed E-state index contributed by atoms with van der Waals surface area (Å²) in [6.45, 7) is 8.07. The van der Waals surface area contributed by atoms with Crippen LogP contribution in [0.3, 0.4) is 0 Å². The predicted octanol–water partition coefficient (Wildman–Crippen LogP) is 4.09. The summed E-state index contributed by atoms with van der Waals surface area (Å²) < 4.78 is 19.6. The van der Waals surface area contributed by atoms with E-state index in [4.69, 9.17) is 4.74 Å². The number of morpholine rings is 1. The van der Waals surface area contributed by atoms with Crippen molar-refractivity contribution in [3.8, 4) is 0 Å². The van der Waals surface area contributed by atoms with Gasteiger partial charge in [0.2, 0.25) is 0 Å². The van der Waals surface area contributed by atoms with Crippen LogP contribution in [0, 0.1) is 12.7 Å².